The number of benzene rings is 2. The summed E-state index contributed by atoms with van der Waals surface area (Å²) in [5, 5.41) is 0.663. The molecule has 2 heterocycles. The van der Waals surface area contributed by atoms with Gasteiger partial charge in [0.15, 0.2) is 8.32 Å². The van der Waals surface area contributed by atoms with Crippen molar-refractivity contribution < 1.29 is 27.1 Å². The van der Waals surface area contributed by atoms with Crippen molar-refractivity contribution in [3.05, 3.63) is 88.7 Å². The molecule has 12 heteroatoms. The molecule has 2 saturated carbocycles. The van der Waals surface area contributed by atoms with E-state index >= 15 is 0 Å². The molecule has 1 unspecified atom stereocenters. The van der Waals surface area contributed by atoms with Gasteiger partial charge in [-0.05, 0) is 134 Å². The second kappa shape index (κ2) is 16.9. The molecule has 0 spiro atoms. The summed E-state index contributed by atoms with van der Waals surface area (Å²) in [5.41, 5.74) is 3.72. The van der Waals surface area contributed by atoms with Crippen LogP contribution in [-0.2, 0) is 32.0 Å². The fraction of sp³-hybridized carbons (Fsp3) is 0.548. The Morgan fingerprint density at radius 2 is 1.80 bits per heavy atom. The van der Waals surface area contributed by atoms with Crippen molar-refractivity contribution >= 4 is 41.4 Å². The van der Waals surface area contributed by atoms with Gasteiger partial charge in [-0.1, -0.05) is 50.6 Å². The number of nitrogens with zero attached hydrogens (tertiary/aromatic N) is 3. The molecule has 6 rings (SSSR count). The van der Waals surface area contributed by atoms with Gasteiger partial charge in [0.05, 0.1) is 30.2 Å². The topological polar surface area (TPSA) is 108 Å². The van der Waals surface area contributed by atoms with Crippen molar-refractivity contribution in [3.8, 4) is 5.75 Å². The number of ether oxygens (including phenoxy) is 2. The van der Waals surface area contributed by atoms with Crippen LogP contribution in [0.15, 0.2) is 72.2 Å². The summed E-state index contributed by atoms with van der Waals surface area (Å²) in [7, 11) is -4.33. The molecule has 2 fully saturated rings. The summed E-state index contributed by atoms with van der Waals surface area (Å²) in [6.45, 7) is 13.4. The number of hydrogen-bond donors (Lipinski definition) is 0. The number of fused-ring (bicyclic) bond motifs is 2. The van der Waals surface area contributed by atoms with Crippen LogP contribution in [0.1, 0.15) is 80.8 Å². The first-order valence-corrected chi connectivity index (χ1v) is 24.3. The van der Waals surface area contributed by atoms with Crippen LogP contribution >= 0.6 is 11.6 Å². The number of esters is 1. The Bertz CT molecular complexity index is 1920. The summed E-state index contributed by atoms with van der Waals surface area (Å²) in [5.74, 6) is 1.26. The van der Waals surface area contributed by atoms with Crippen molar-refractivity contribution in [2.75, 3.05) is 30.9 Å². The third-order valence-electron chi connectivity index (χ3n) is 12.3. The highest BCUT2D eigenvalue weighted by atomic mass is 35.5. The van der Waals surface area contributed by atoms with E-state index in [0.29, 0.717) is 24.0 Å². The van der Waals surface area contributed by atoms with E-state index in [0.717, 1.165) is 80.1 Å². The largest absolute Gasteiger partial charge is 0.487 e. The molecule has 3 aromatic rings. The summed E-state index contributed by atoms with van der Waals surface area (Å²) >= 11 is 6.40. The first-order chi connectivity index (χ1) is 25.6. The van der Waals surface area contributed by atoms with E-state index in [-0.39, 0.29) is 39.9 Å². The number of sulfone groups is 1. The van der Waals surface area contributed by atoms with Crippen molar-refractivity contribution in [2.24, 2.45) is 23.7 Å². The van der Waals surface area contributed by atoms with Gasteiger partial charge in [0.1, 0.15) is 12.4 Å². The SMILES string of the molecule is COC(=O)c1ccc2c(c1)N(C[C@H]1CC[C@H]1C(/C=C\[C@H]1CC[C@H]1CS(=O)(=O)c1ncccn1)O[Si](C)(C)C(C)(C)C)CCCCc1cc(Cl)ccc1CO2. The van der Waals surface area contributed by atoms with Crippen LogP contribution in [0.3, 0.4) is 0 Å². The fourth-order valence-electron chi connectivity index (χ4n) is 7.62. The Labute approximate surface area is 327 Å². The van der Waals surface area contributed by atoms with Crippen LogP contribution in [-0.4, -0.2) is 64.7 Å². The molecule has 3 aliphatic rings. The van der Waals surface area contributed by atoms with Gasteiger partial charge >= 0.3 is 5.97 Å². The maximum absolute atomic E-state index is 13.1. The first-order valence-electron chi connectivity index (χ1n) is 19.4. The highest BCUT2D eigenvalue weighted by molar-refractivity contribution is 7.91. The number of allylic oxidation sites excluding steroid dienone is 1. The molecule has 0 radical (unpaired) electrons. The van der Waals surface area contributed by atoms with Crippen LogP contribution in [0.4, 0.5) is 5.69 Å². The second-order valence-corrected chi connectivity index (χ2v) is 23.9. The van der Waals surface area contributed by atoms with E-state index in [4.69, 9.17) is 25.5 Å². The average molecular weight is 795 g/mol. The lowest BCUT2D eigenvalue weighted by Crippen LogP contribution is -2.50. The minimum Gasteiger partial charge on any atom is -0.487 e. The van der Waals surface area contributed by atoms with Crippen LogP contribution < -0.4 is 9.64 Å². The van der Waals surface area contributed by atoms with E-state index in [9.17, 15) is 13.2 Å². The summed E-state index contributed by atoms with van der Waals surface area (Å²) in [6.07, 6.45) is 14.2. The number of aromatic nitrogens is 2. The lowest BCUT2D eigenvalue weighted by atomic mass is 9.69. The Balaban J connectivity index is 1.25. The maximum atomic E-state index is 13.1. The van der Waals surface area contributed by atoms with E-state index < -0.39 is 18.2 Å². The number of hydrogen-bond acceptors (Lipinski definition) is 9. The Morgan fingerprint density at radius 3 is 2.46 bits per heavy atom. The van der Waals surface area contributed by atoms with Crippen LogP contribution in [0.2, 0.25) is 23.2 Å². The van der Waals surface area contributed by atoms with Gasteiger partial charge < -0.3 is 18.8 Å². The molecule has 2 aliphatic carbocycles. The van der Waals surface area contributed by atoms with E-state index in [2.05, 4.69) is 67.0 Å². The molecule has 0 saturated heterocycles. The number of carbonyl (C=O) groups excluding carboxylic acids is 1. The molecular weight excluding hydrogens is 738 g/mol. The average Bonchev–Trinajstić information content (AvgIpc) is 3.14. The predicted molar refractivity (Wildman–Crippen MR) is 216 cm³/mol. The Morgan fingerprint density at radius 1 is 1.04 bits per heavy atom. The van der Waals surface area contributed by atoms with E-state index in [1.54, 1.807) is 12.1 Å². The number of carbonyl (C=O) groups is 1. The molecule has 1 aromatic heterocycles. The van der Waals surface area contributed by atoms with Gasteiger partial charge in [-0.25, -0.2) is 23.2 Å². The predicted octanol–water partition coefficient (Wildman–Crippen LogP) is 9.11. The summed E-state index contributed by atoms with van der Waals surface area (Å²) in [6, 6.07) is 13.2. The third kappa shape index (κ3) is 9.40. The molecular formula is C42H56ClN3O6SSi. The molecule has 54 heavy (non-hydrogen) atoms. The van der Waals surface area contributed by atoms with Crippen LogP contribution in [0, 0.1) is 23.7 Å². The van der Waals surface area contributed by atoms with Gasteiger partial charge in [0, 0.05) is 30.5 Å². The monoisotopic (exact) mass is 793 g/mol. The highest BCUT2D eigenvalue weighted by Crippen LogP contribution is 2.46. The lowest BCUT2D eigenvalue weighted by molar-refractivity contribution is 0.0524. The number of anilines is 1. The molecule has 292 valence electrons. The Hall–Kier alpha value is -3.25. The maximum Gasteiger partial charge on any atom is 0.337 e. The normalized spacial score (nSPS) is 22.8. The summed E-state index contributed by atoms with van der Waals surface area (Å²) in [4.78, 5) is 23.2. The quantitative estimate of drug-likeness (QED) is 0.0813. The number of rotatable bonds is 11. The van der Waals surface area contributed by atoms with Gasteiger partial charge in [-0.15, -0.1) is 0 Å². The highest BCUT2D eigenvalue weighted by Gasteiger charge is 2.45. The molecule has 0 bridgehead atoms. The standard InChI is InChI=1S/C42H56ClN3O6SSi/c1-42(2,3)54(5,6)52-38(19-15-29-11-12-34(29)28-53(48,49)41-44-21-9-22-45-41)36-18-14-32(36)26-46-23-8-7-10-30-24-35(43)17-13-33(30)27-51-39-20-16-31(25-37(39)46)40(47)50-4/h9,13,15-17,19-22,24-25,29,32,34,36,38H,7-8,10-12,14,18,23,26-28H2,1-6H3/b19-15-/t29-,32-,34+,36-,38?/m1/s1. The number of methoxy groups -OCH3 is 1. The Kier molecular flexibility index (Phi) is 12.6. The fourth-order valence-corrected chi connectivity index (χ4v) is 10.7. The summed E-state index contributed by atoms with van der Waals surface area (Å²) < 4.78 is 45.2. The van der Waals surface area contributed by atoms with Crippen molar-refractivity contribution in [3.63, 3.8) is 0 Å². The molecule has 1 aliphatic heterocycles. The van der Waals surface area contributed by atoms with Crippen molar-refractivity contribution in [1.82, 2.24) is 9.97 Å². The minimum atomic E-state index is -3.57. The van der Waals surface area contributed by atoms with Crippen LogP contribution in [0.5, 0.6) is 5.75 Å². The number of halogens is 1. The zero-order valence-electron chi connectivity index (χ0n) is 32.6. The van der Waals surface area contributed by atoms with Gasteiger partial charge in [-0.3, -0.25) is 0 Å². The van der Waals surface area contributed by atoms with Gasteiger partial charge in [-0.2, -0.15) is 0 Å². The van der Waals surface area contributed by atoms with Crippen molar-refractivity contribution in [2.45, 2.75) is 102 Å². The van der Waals surface area contributed by atoms with Gasteiger partial charge in [0.25, 0.3) is 0 Å². The number of aryl methyl sites for hydroxylation is 1. The molecule has 9 nitrogen and oxygen atoms in total. The van der Waals surface area contributed by atoms with E-state index in [1.807, 2.05) is 24.3 Å². The van der Waals surface area contributed by atoms with Crippen LogP contribution in [0.25, 0.3) is 0 Å². The smallest absolute Gasteiger partial charge is 0.337 e. The zero-order valence-corrected chi connectivity index (χ0v) is 35.2. The van der Waals surface area contributed by atoms with E-state index in [1.165, 1.54) is 25.1 Å². The van der Waals surface area contributed by atoms with Crippen molar-refractivity contribution in [1.29, 1.82) is 0 Å². The zero-order chi connectivity index (χ0) is 38.7. The molecule has 2 aromatic carbocycles. The lowest BCUT2D eigenvalue weighted by Gasteiger charge is -2.48. The second-order valence-electron chi connectivity index (χ2n) is 16.8. The molecule has 5 atom stereocenters. The first kappa shape index (κ1) is 40.4. The van der Waals surface area contributed by atoms with Gasteiger partial charge in [0.2, 0.25) is 15.0 Å². The molecule has 0 amide bonds. The molecule has 0 N–H and O–H groups in total. The minimum absolute atomic E-state index is 0.0292. The third-order valence-corrected chi connectivity index (χ3v) is 18.6.